The van der Waals surface area contributed by atoms with Crippen molar-refractivity contribution < 1.29 is 18.8 Å². The molecule has 1 atom stereocenters. The van der Waals surface area contributed by atoms with Crippen LogP contribution in [0.15, 0.2) is 18.3 Å². The highest BCUT2D eigenvalue weighted by molar-refractivity contribution is 6.61. The second-order valence-corrected chi connectivity index (χ2v) is 7.30. The summed E-state index contributed by atoms with van der Waals surface area (Å²) in [5.74, 6) is 0.777. The van der Waals surface area contributed by atoms with Crippen LogP contribution in [0.4, 0.5) is 0 Å². The first kappa shape index (κ1) is 16.7. The summed E-state index contributed by atoms with van der Waals surface area (Å²) in [6, 6.07) is 3.75. The zero-order valence-corrected chi connectivity index (χ0v) is 14.5. The highest BCUT2D eigenvalue weighted by Gasteiger charge is 2.52. The van der Waals surface area contributed by atoms with Crippen LogP contribution < -0.4 is 10.3 Å². The molecule has 0 radical (unpaired) electrons. The van der Waals surface area contributed by atoms with E-state index in [1.54, 1.807) is 6.20 Å². The van der Waals surface area contributed by atoms with Gasteiger partial charge in [-0.05, 0) is 59.1 Å². The van der Waals surface area contributed by atoms with Gasteiger partial charge in [-0.1, -0.05) is 0 Å². The Kier molecular flexibility index (Phi) is 4.67. The lowest BCUT2D eigenvalue weighted by atomic mass is 9.84. The maximum Gasteiger partial charge on any atom is 0.514 e. The van der Waals surface area contributed by atoms with Gasteiger partial charge in [-0.3, -0.25) is 4.98 Å². The second-order valence-electron chi connectivity index (χ2n) is 7.30. The molecule has 0 aliphatic carbocycles. The quantitative estimate of drug-likeness (QED) is 0.797. The summed E-state index contributed by atoms with van der Waals surface area (Å²) >= 11 is 0. The molecule has 0 bridgehead atoms. The maximum absolute atomic E-state index is 6.03. The Morgan fingerprint density at radius 3 is 2.61 bits per heavy atom. The maximum atomic E-state index is 6.03. The third-order valence-electron chi connectivity index (χ3n) is 4.96. The number of aromatic nitrogens is 1. The third kappa shape index (κ3) is 3.70. The zero-order valence-electron chi connectivity index (χ0n) is 14.5. The summed E-state index contributed by atoms with van der Waals surface area (Å²) in [5, 5.41) is 0. The molecule has 2 aliphatic rings. The van der Waals surface area contributed by atoms with E-state index in [-0.39, 0.29) is 17.3 Å². The Morgan fingerprint density at radius 2 is 1.96 bits per heavy atom. The van der Waals surface area contributed by atoms with Gasteiger partial charge < -0.3 is 18.8 Å². The van der Waals surface area contributed by atoms with E-state index in [1.165, 1.54) is 6.42 Å². The molecule has 1 aromatic heterocycles. The topological polar surface area (TPSA) is 49.8 Å². The van der Waals surface area contributed by atoms with Crippen LogP contribution in [0.2, 0.25) is 0 Å². The molecule has 1 aromatic rings. The van der Waals surface area contributed by atoms with E-state index in [2.05, 4.69) is 4.98 Å². The summed E-state index contributed by atoms with van der Waals surface area (Å²) in [5.41, 5.74) is 0.00359. The molecule has 6 heteroatoms. The molecule has 1 unspecified atom stereocenters. The number of ether oxygens (including phenoxy) is 2. The molecule has 23 heavy (non-hydrogen) atoms. The van der Waals surface area contributed by atoms with E-state index in [1.807, 2.05) is 39.8 Å². The van der Waals surface area contributed by atoms with Crippen LogP contribution in [-0.4, -0.2) is 42.6 Å². The van der Waals surface area contributed by atoms with Crippen molar-refractivity contribution in [3.63, 3.8) is 0 Å². The van der Waals surface area contributed by atoms with Gasteiger partial charge in [0.15, 0.2) is 0 Å². The standard InChI is InChI=1S/C17H26BNO4/c1-16(2)17(3,4)23-18(22-16)15-11-13(8-9-19-15)21-12-14-7-5-6-10-20-14/h8-9,11,14H,5-7,10,12H2,1-4H3. The summed E-state index contributed by atoms with van der Waals surface area (Å²) < 4.78 is 23.6. The lowest BCUT2D eigenvalue weighted by Gasteiger charge is -2.32. The van der Waals surface area contributed by atoms with Gasteiger partial charge >= 0.3 is 7.12 Å². The van der Waals surface area contributed by atoms with Crippen LogP contribution in [0.25, 0.3) is 0 Å². The van der Waals surface area contributed by atoms with E-state index >= 15 is 0 Å². The molecule has 2 aliphatic heterocycles. The number of hydrogen-bond donors (Lipinski definition) is 0. The van der Waals surface area contributed by atoms with Crippen molar-refractivity contribution in [3.05, 3.63) is 18.3 Å². The van der Waals surface area contributed by atoms with Crippen LogP contribution in [0.1, 0.15) is 47.0 Å². The Bertz CT molecular complexity index is 527. The predicted octanol–water partition coefficient (Wildman–Crippen LogP) is 2.33. The van der Waals surface area contributed by atoms with Crippen LogP contribution >= 0.6 is 0 Å². The number of hydrogen-bond acceptors (Lipinski definition) is 5. The Balaban J connectivity index is 1.63. The summed E-state index contributed by atoms with van der Waals surface area (Å²) in [4.78, 5) is 4.39. The highest BCUT2D eigenvalue weighted by Crippen LogP contribution is 2.36. The predicted molar refractivity (Wildman–Crippen MR) is 89.0 cm³/mol. The highest BCUT2D eigenvalue weighted by atomic mass is 16.7. The molecular formula is C17H26BNO4. The second kappa shape index (κ2) is 6.42. The molecule has 126 valence electrons. The van der Waals surface area contributed by atoms with Crippen LogP contribution in [0.3, 0.4) is 0 Å². The monoisotopic (exact) mass is 319 g/mol. The van der Waals surface area contributed by atoms with Gasteiger partial charge in [-0.15, -0.1) is 0 Å². The minimum Gasteiger partial charge on any atom is -0.491 e. The minimum atomic E-state index is -0.463. The van der Waals surface area contributed by atoms with Crippen molar-refractivity contribution in [2.45, 2.75) is 64.3 Å². The average molecular weight is 319 g/mol. The van der Waals surface area contributed by atoms with Gasteiger partial charge in [0.2, 0.25) is 0 Å². The third-order valence-corrected chi connectivity index (χ3v) is 4.96. The SMILES string of the molecule is CC1(C)OB(c2cc(OCC3CCCCO3)ccn2)OC1(C)C. The smallest absolute Gasteiger partial charge is 0.491 e. The first-order valence-corrected chi connectivity index (χ1v) is 8.43. The molecular weight excluding hydrogens is 293 g/mol. The summed E-state index contributed by atoms with van der Waals surface area (Å²) in [6.07, 6.45) is 5.35. The molecule has 2 saturated heterocycles. The largest absolute Gasteiger partial charge is 0.514 e. The van der Waals surface area contributed by atoms with Crippen molar-refractivity contribution in [2.75, 3.05) is 13.2 Å². The normalized spacial score (nSPS) is 26.3. The van der Waals surface area contributed by atoms with Crippen molar-refractivity contribution in [2.24, 2.45) is 0 Å². The fraction of sp³-hybridized carbons (Fsp3) is 0.706. The van der Waals surface area contributed by atoms with Crippen LogP contribution in [0.5, 0.6) is 5.75 Å². The molecule has 0 amide bonds. The average Bonchev–Trinajstić information content (AvgIpc) is 2.75. The number of rotatable bonds is 4. The first-order chi connectivity index (χ1) is 10.9. The van der Waals surface area contributed by atoms with Crippen LogP contribution in [0, 0.1) is 0 Å². The fourth-order valence-electron chi connectivity index (χ4n) is 2.74. The molecule has 3 rings (SSSR count). The minimum absolute atomic E-state index is 0.192. The van der Waals surface area contributed by atoms with Crippen molar-refractivity contribution >= 4 is 12.7 Å². The van der Waals surface area contributed by atoms with E-state index < -0.39 is 7.12 Å². The summed E-state index contributed by atoms with van der Waals surface area (Å²) in [6.45, 7) is 9.55. The van der Waals surface area contributed by atoms with Gasteiger partial charge in [0.1, 0.15) is 12.4 Å². The molecule has 5 nitrogen and oxygen atoms in total. The molecule has 0 saturated carbocycles. The van der Waals surface area contributed by atoms with Crippen molar-refractivity contribution in [1.82, 2.24) is 4.98 Å². The Morgan fingerprint density at radius 1 is 1.22 bits per heavy atom. The van der Waals surface area contributed by atoms with E-state index in [0.717, 1.165) is 30.8 Å². The lowest BCUT2D eigenvalue weighted by molar-refractivity contribution is -0.0110. The molecule has 2 fully saturated rings. The van der Waals surface area contributed by atoms with Gasteiger partial charge in [0.05, 0.1) is 22.9 Å². The fourth-order valence-corrected chi connectivity index (χ4v) is 2.74. The van der Waals surface area contributed by atoms with Gasteiger partial charge in [-0.25, -0.2) is 0 Å². The van der Waals surface area contributed by atoms with E-state index in [4.69, 9.17) is 18.8 Å². The van der Waals surface area contributed by atoms with Gasteiger partial charge in [0.25, 0.3) is 0 Å². The molecule has 0 spiro atoms. The lowest BCUT2D eigenvalue weighted by Crippen LogP contribution is -2.41. The first-order valence-electron chi connectivity index (χ1n) is 8.43. The Labute approximate surface area is 138 Å². The number of pyridine rings is 1. The zero-order chi connectivity index (χ0) is 16.5. The molecule has 0 N–H and O–H groups in total. The number of nitrogens with zero attached hydrogens (tertiary/aromatic N) is 1. The molecule has 0 aromatic carbocycles. The van der Waals surface area contributed by atoms with Crippen LogP contribution in [-0.2, 0) is 14.0 Å². The Hall–Kier alpha value is -1.11. The van der Waals surface area contributed by atoms with Gasteiger partial charge in [-0.2, -0.15) is 0 Å². The van der Waals surface area contributed by atoms with Crippen molar-refractivity contribution in [3.8, 4) is 5.75 Å². The summed E-state index contributed by atoms with van der Waals surface area (Å²) in [7, 11) is -0.463. The van der Waals surface area contributed by atoms with Gasteiger partial charge in [0, 0.05) is 12.8 Å². The molecule has 3 heterocycles. The van der Waals surface area contributed by atoms with Crippen molar-refractivity contribution in [1.29, 1.82) is 0 Å². The van der Waals surface area contributed by atoms with E-state index in [9.17, 15) is 0 Å². The van der Waals surface area contributed by atoms with E-state index in [0.29, 0.717) is 6.61 Å².